The molecule has 0 unspecified atom stereocenters. The van der Waals surface area contributed by atoms with E-state index in [0.29, 0.717) is 16.9 Å². The fourth-order valence-electron chi connectivity index (χ4n) is 2.80. The topological polar surface area (TPSA) is 18.5 Å². The largest absolute Gasteiger partial charge is 0.573 e. The molecule has 3 aromatic carbocycles. The molecule has 3 aromatic rings. The van der Waals surface area contributed by atoms with Gasteiger partial charge in [0.15, 0.2) is 11.6 Å². The van der Waals surface area contributed by atoms with Crippen LogP contribution in [0.2, 0.25) is 0 Å². The zero-order valence-electron chi connectivity index (χ0n) is 16.0. The van der Waals surface area contributed by atoms with E-state index in [1.807, 2.05) is 6.07 Å². The van der Waals surface area contributed by atoms with Gasteiger partial charge in [0.25, 0.3) is 0 Å². The molecule has 0 saturated carbocycles. The molecule has 0 bridgehead atoms. The van der Waals surface area contributed by atoms with Crippen LogP contribution in [0.25, 0.3) is 11.6 Å². The molecule has 0 aliphatic carbocycles. The molecular weight excluding hydrogens is 396 g/mol. The molecule has 0 spiro atoms. The number of hydrogen-bond donors (Lipinski definition) is 0. The number of allylic oxidation sites excluding steroid dienone is 3. The summed E-state index contributed by atoms with van der Waals surface area (Å²) in [6.45, 7) is 1.75. The standard InChI is InChI=1S/C24H18F4O2/c1-2-8-18(20-11-6-7-12-22(20)30-24(26,27)28)15-17-13-14-21(25)23(16-17)29-19-9-4-3-5-10-19/h2-16H,1H3. The monoisotopic (exact) mass is 414 g/mol. The highest BCUT2D eigenvalue weighted by molar-refractivity contribution is 5.89. The van der Waals surface area contributed by atoms with Crippen molar-refractivity contribution in [3.63, 3.8) is 0 Å². The molecule has 154 valence electrons. The maximum absolute atomic E-state index is 14.2. The van der Waals surface area contributed by atoms with Gasteiger partial charge in [0.05, 0.1) is 0 Å². The second kappa shape index (κ2) is 9.31. The highest BCUT2D eigenvalue weighted by atomic mass is 19.4. The second-order valence-electron chi connectivity index (χ2n) is 6.25. The van der Waals surface area contributed by atoms with Gasteiger partial charge < -0.3 is 9.47 Å². The molecule has 30 heavy (non-hydrogen) atoms. The minimum Gasteiger partial charge on any atom is -0.454 e. The molecule has 0 fully saturated rings. The predicted octanol–water partition coefficient (Wildman–Crippen LogP) is 7.63. The van der Waals surface area contributed by atoms with E-state index in [-0.39, 0.29) is 17.1 Å². The van der Waals surface area contributed by atoms with Gasteiger partial charge in [-0.3, -0.25) is 0 Å². The summed E-state index contributed by atoms with van der Waals surface area (Å²) >= 11 is 0. The van der Waals surface area contributed by atoms with Gasteiger partial charge in [0, 0.05) is 5.56 Å². The van der Waals surface area contributed by atoms with E-state index in [9.17, 15) is 17.6 Å². The number of alkyl halides is 3. The summed E-state index contributed by atoms with van der Waals surface area (Å²) < 4.78 is 62.3. The number of para-hydroxylation sites is 2. The predicted molar refractivity (Wildman–Crippen MR) is 109 cm³/mol. The summed E-state index contributed by atoms with van der Waals surface area (Å²) in [7, 11) is 0. The van der Waals surface area contributed by atoms with E-state index >= 15 is 0 Å². The number of benzene rings is 3. The van der Waals surface area contributed by atoms with Crippen LogP contribution in [0, 0.1) is 5.82 Å². The third-order valence-corrected chi connectivity index (χ3v) is 4.02. The molecule has 2 nitrogen and oxygen atoms in total. The first-order valence-corrected chi connectivity index (χ1v) is 9.08. The molecule has 0 N–H and O–H groups in total. The Hall–Kier alpha value is -3.54. The molecular formula is C24H18F4O2. The maximum Gasteiger partial charge on any atom is 0.573 e. The normalized spacial score (nSPS) is 12.2. The Balaban J connectivity index is 2.00. The van der Waals surface area contributed by atoms with Gasteiger partial charge in [-0.1, -0.05) is 54.6 Å². The SMILES string of the molecule is CC=CC(=Cc1ccc(F)c(Oc2ccccc2)c1)c1ccccc1OC(F)(F)F. The molecule has 0 aliphatic heterocycles. The Labute approximate surface area is 171 Å². The van der Waals surface area contributed by atoms with E-state index in [2.05, 4.69) is 4.74 Å². The lowest BCUT2D eigenvalue weighted by Crippen LogP contribution is -2.17. The highest BCUT2D eigenvalue weighted by Gasteiger charge is 2.32. The second-order valence-corrected chi connectivity index (χ2v) is 6.25. The van der Waals surface area contributed by atoms with Gasteiger partial charge in [0.1, 0.15) is 11.5 Å². The molecule has 0 aliphatic rings. The average Bonchev–Trinajstić information content (AvgIpc) is 2.70. The Morgan fingerprint density at radius 1 is 0.867 bits per heavy atom. The molecule has 6 heteroatoms. The lowest BCUT2D eigenvalue weighted by molar-refractivity contribution is -0.274. The highest BCUT2D eigenvalue weighted by Crippen LogP contribution is 2.33. The summed E-state index contributed by atoms with van der Waals surface area (Å²) in [5.41, 5.74) is 1.27. The van der Waals surface area contributed by atoms with Crippen LogP contribution in [-0.4, -0.2) is 6.36 Å². The minimum atomic E-state index is -4.82. The van der Waals surface area contributed by atoms with Crippen LogP contribution in [0.4, 0.5) is 17.6 Å². The fourth-order valence-corrected chi connectivity index (χ4v) is 2.80. The molecule has 0 radical (unpaired) electrons. The lowest BCUT2D eigenvalue weighted by atomic mass is 10.0. The Morgan fingerprint density at radius 2 is 1.57 bits per heavy atom. The van der Waals surface area contributed by atoms with Crippen molar-refractivity contribution >= 4 is 11.6 Å². The lowest BCUT2D eigenvalue weighted by Gasteiger charge is -2.14. The number of hydrogen-bond acceptors (Lipinski definition) is 2. The summed E-state index contributed by atoms with van der Waals surface area (Å²) in [6, 6.07) is 18.8. The van der Waals surface area contributed by atoms with Crippen LogP contribution in [0.1, 0.15) is 18.1 Å². The van der Waals surface area contributed by atoms with Crippen LogP contribution in [0.5, 0.6) is 17.2 Å². The van der Waals surface area contributed by atoms with E-state index in [0.717, 1.165) is 0 Å². The van der Waals surface area contributed by atoms with Gasteiger partial charge in [-0.05, 0) is 54.5 Å². The van der Waals surface area contributed by atoms with Crippen molar-refractivity contribution in [3.8, 4) is 17.2 Å². The van der Waals surface area contributed by atoms with Crippen LogP contribution in [0.15, 0.2) is 84.9 Å². The number of rotatable bonds is 6. The van der Waals surface area contributed by atoms with Gasteiger partial charge >= 0.3 is 6.36 Å². The van der Waals surface area contributed by atoms with Crippen molar-refractivity contribution < 1.29 is 27.0 Å². The number of ether oxygens (including phenoxy) is 2. The fraction of sp³-hybridized carbons (Fsp3) is 0.0833. The van der Waals surface area contributed by atoms with Crippen molar-refractivity contribution in [3.05, 3.63) is 102 Å². The third-order valence-electron chi connectivity index (χ3n) is 4.02. The van der Waals surface area contributed by atoms with Gasteiger partial charge in [-0.15, -0.1) is 13.2 Å². The van der Waals surface area contributed by atoms with Gasteiger partial charge in [-0.2, -0.15) is 0 Å². The van der Waals surface area contributed by atoms with Crippen LogP contribution < -0.4 is 9.47 Å². The Kier molecular flexibility index (Phi) is 6.57. The average molecular weight is 414 g/mol. The first-order chi connectivity index (χ1) is 14.4. The maximum atomic E-state index is 14.2. The van der Waals surface area contributed by atoms with Gasteiger partial charge in [0.2, 0.25) is 0 Å². The molecule has 0 amide bonds. The van der Waals surface area contributed by atoms with Crippen LogP contribution >= 0.6 is 0 Å². The molecule has 0 saturated heterocycles. The quantitative estimate of drug-likeness (QED) is 0.234. The van der Waals surface area contributed by atoms with Crippen molar-refractivity contribution in [2.45, 2.75) is 13.3 Å². The summed E-state index contributed by atoms with van der Waals surface area (Å²) in [4.78, 5) is 0. The summed E-state index contributed by atoms with van der Waals surface area (Å²) in [6.07, 6.45) is 0.167. The molecule has 0 atom stereocenters. The van der Waals surface area contributed by atoms with E-state index in [4.69, 9.17) is 4.74 Å². The molecule has 0 aromatic heterocycles. The first-order valence-electron chi connectivity index (χ1n) is 9.08. The van der Waals surface area contributed by atoms with Gasteiger partial charge in [-0.25, -0.2) is 4.39 Å². The Morgan fingerprint density at radius 3 is 2.27 bits per heavy atom. The van der Waals surface area contributed by atoms with Crippen LogP contribution in [-0.2, 0) is 0 Å². The smallest absolute Gasteiger partial charge is 0.454 e. The van der Waals surface area contributed by atoms with Crippen LogP contribution in [0.3, 0.4) is 0 Å². The third kappa shape index (κ3) is 5.73. The van der Waals surface area contributed by atoms with Crippen molar-refractivity contribution in [1.82, 2.24) is 0 Å². The molecule has 3 rings (SSSR count). The first kappa shape index (κ1) is 21.2. The Bertz CT molecular complexity index is 1050. The van der Waals surface area contributed by atoms with E-state index in [1.54, 1.807) is 55.5 Å². The zero-order chi connectivity index (χ0) is 21.6. The summed E-state index contributed by atoms with van der Waals surface area (Å²) in [5, 5.41) is 0. The van der Waals surface area contributed by atoms with Crippen molar-refractivity contribution in [2.24, 2.45) is 0 Å². The van der Waals surface area contributed by atoms with E-state index in [1.165, 1.54) is 36.4 Å². The van der Waals surface area contributed by atoms with Crippen molar-refractivity contribution in [1.29, 1.82) is 0 Å². The minimum absolute atomic E-state index is 0.00889. The molecule has 0 heterocycles. The van der Waals surface area contributed by atoms with E-state index < -0.39 is 12.2 Å². The summed E-state index contributed by atoms with van der Waals surface area (Å²) in [5.74, 6) is -0.397. The number of halogens is 4. The van der Waals surface area contributed by atoms with Crippen molar-refractivity contribution in [2.75, 3.05) is 0 Å². The zero-order valence-corrected chi connectivity index (χ0v) is 16.0.